The van der Waals surface area contributed by atoms with Gasteiger partial charge in [-0.3, -0.25) is 0 Å². The number of nitrogens with zero attached hydrogens (tertiary/aromatic N) is 2. The predicted molar refractivity (Wildman–Crippen MR) is 101 cm³/mol. The summed E-state index contributed by atoms with van der Waals surface area (Å²) in [6.45, 7) is 8.08. The van der Waals surface area contributed by atoms with Gasteiger partial charge in [0.1, 0.15) is 12.1 Å². The lowest BCUT2D eigenvalue weighted by Gasteiger charge is -2.12. The third-order valence-corrected chi connectivity index (χ3v) is 3.25. The number of hydrogen-bond donors (Lipinski definition) is 1. The molecule has 24 heavy (non-hydrogen) atoms. The van der Waals surface area contributed by atoms with Gasteiger partial charge in [-0.1, -0.05) is 32.9 Å². The van der Waals surface area contributed by atoms with Gasteiger partial charge in [0.2, 0.25) is 0 Å². The lowest BCUT2D eigenvalue weighted by molar-refractivity contribution is 0.356. The Morgan fingerprint density at radius 1 is 1.12 bits per heavy atom. The lowest BCUT2D eigenvalue weighted by Crippen LogP contribution is -2.01. The van der Waals surface area contributed by atoms with Crippen LogP contribution in [0.1, 0.15) is 34.1 Å². The second kappa shape index (κ2) is 10.3. The highest BCUT2D eigenvalue weighted by Gasteiger charge is 2.11. The van der Waals surface area contributed by atoms with Crippen molar-refractivity contribution >= 4 is 16.7 Å². The van der Waals surface area contributed by atoms with E-state index in [0.717, 1.165) is 28.8 Å². The van der Waals surface area contributed by atoms with Gasteiger partial charge in [-0.15, -0.1) is 0 Å². The van der Waals surface area contributed by atoms with Crippen molar-refractivity contribution in [2.45, 2.75) is 34.1 Å². The maximum Gasteiger partial charge on any atom is 0.162 e. The average Bonchev–Trinajstić information content (AvgIpc) is 2.65. The van der Waals surface area contributed by atoms with E-state index in [1.165, 1.54) is 6.33 Å². The Balaban J connectivity index is 0.00000139. The summed E-state index contributed by atoms with van der Waals surface area (Å²) < 4.78 is 10.7. The molecule has 0 saturated carbocycles. The normalized spacial score (nSPS) is 11.2. The van der Waals surface area contributed by atoms with E-state index >= 15 is 0 Å². The van der Waals surface area contributed by atoms with E-state index in [2.05, 4.69) is 28.3 Å². The maximum absolute atomic E-state index is 5.36. The molecule has 0 amide bonds. The molecule has 1 aromatic heterocycles. The highest BCUT2D eigenvalue weighted by atomic mass is 16.5. The van der Waals surface area contributed by atoms with Crippen LogP contribution in [-0.2, 0) is 0 Å². The van der Waals surface area contributed by atoms with Gasteiger partial charge in [0.25, 0.3) is 0 Å². The second-order valence-corrected chi connectivity index (χ2v) is 4.63. The van der Waals surface area contributed by atoms with Crippen molar-refractivity contribution in [1.29, 1.82) is 0 Å². The molecule has 0 spiro atoms. The van der Waals surface area contributed by atoms with Crippen molar-refractivity contribution in [3.05, 3.63) is 42.4 Å². The lowest BCUT2D eigenvalue weighted by atomic mass is 10.2. The highest BCUT2D eigenvalue weighted by Crippen LogP contribution is 2.33. The van der Waals surface area contributed by atoms with Crippen molar-refractivity contribution < 1.29 is 9.47 Å². The predicted octanol–water partition coefficient (Wildman–Crippen LogP) is 4.96. The van der Waals surface area contributed by atoms with Gasteiger partial charge in [-0.05, 0) is 25.5 Å². The minimum atomic E-state index is 0.650. The number of nitrogens with one attached hydrogen (secondary N) is 1. The monoisotopic (exact) mass is 329 g/mol. The molecule has 2 rings (SSSR count). The van der Waals surface area contributed by atoms with E-state index in [9.17, 15) is 0 Å². The fourth-order valence-electron chi connectivity index (χ4n) is 2.07. The highest BCUT2D eigenvalue weighted by molar-refractivity contribution is 5.92. The summed E-state index contributed by atoms with van der Waals surface area (Å²) in [6.07, 6.45) is 8.65. The molecule has 0 radical (unpaired) electrons. The topological polar surface area (TPSA) is 56.3 Å². The van der Waals surface area contributed by atoms with E-state index in [0.29, 0.717) is 11.5 Å². The molecule has 130 valence electrons. The number of anilines is 1. The van der Waals surface area contributed by atoms with E-state index in [-0.39, 0.29) is 0 Å². The first-order valence-corrected chi connectivity index (χ1v) is 8.20. The summed E-state index contributed by atoms with van der Waals surface area (Å²) in [4.78, 5) is 8.64. The number of aromatic nitrogens is 2. The van der Waals surface area contributed by atoms with Gasteiger partial charge >= 0.3 is 0 Å². The van der Waals surface area contributed by atoms with Gasteiger partial charge < -0.3 is 14.8 Å². The summed E-state index contributed by atoms with van der Waals surface area (Å²) in [7, 11) is 3.22. The van der Waals surface area contributed by atoms with Crippen LogP contribution in [0.2, 0.25) is 0 Å². The summed E-state index contributed by atoms with van der Waals surface area (Å²) in [5.74, 6) is 2.04. The van der Waals surface area contributed by atoms with Crippen LogP contribution < -0.4 is 14.8 Å². The summed E-state index contributed by atoms with van der Waals surface area (Å²) in [5.41, 5.74) is 1.78. The molecular weight excluding hydrogens is 302 g/mol. The third kappa shape index (κ3) is 4.72. The number of rotatable bonds is 6. The molecule has 0 saturated heterocycles. The Hall–Kier alpha value is -2.56. The van der Waals surface area contributed by atoms with E-state index in [1.807, 2.05) is 45.1 Å². The van der Waals surface area contributed by atoms with Crippen LogP contribution in [0, 0.1) is 0 Å². The zero-order valence-corrected chi connectivity index (χ0v) is 15.4. The molecule has 1 N–H and O–H groups in total. The quantitative estimate of drug-likeness (QED) is 0.759. The fourth-order valence-corrected chi connectivity index (χ4v) is 2.07. The molecule has 0 atom stereocenters. The van der Waals surface area contributed by atoms with Gasteiger partial charge in [0, 0.05) is 17.1 Å². The Bertz CT molecular complexity index is 709. The number of hydrogen-bond acceptors (Lipinski definition) is 5. The second-order valence-electron chi connectivity index (χ2n) is 4.63. The SMILES string of the molecule is C/C=C(\C=C/CC)Nc1ncnc2cc(OC)c(OC)cc12.CC. The molecule has 2 aromatic rings. The van der Waals surface area contributed by atoms with E-state index < -0.39 is 0 Å². The summed E-state index contributed by atoms with van der Waals surface area (Å²) in [5, 5.41) is 4.20. The van der Waals surface area contributed by atoms with Gasteiger partial charge in [0.05, 0.1) is 19.7 Å². The smallest absolute Gasteiger partial charge is 0.162 e. The van der Waals surface area contributed by atoms with Crippen molar-refractivity contribution in [1.82, 2.24) is 9.97 Å². The summed E-state index contributed by atoms with van der Waals surface area (Å²) in [6, 6.07) is 3.73. The van der Waals surface area contributed by atoms with Gasteiger partial charge in [-0.25, -0.2) is 9.97 Å². The molecule has 0 unspecified atom stereocenters. The Morgan fingerprint density at radius 3 is 2.38 bits per heavy atom. The molecule has 5 nitrogen and oxygen atoms in total. The van der Waals surface area contributed by atoms with Gasteiger partial charge in [-0.2, -0.15) is 0 Å². The molecule has 0 aliphatic heterocycles. The summed E-state index contributed by atoms with van der Waals surface area (Å²) >= 11 is 0. The Labute approximate surface area is 144 Å². The van der Waals surface area contributed by atoms with Crippen LogP contribution >= 0.6 is 0 Å². The van der Waals surface area contributed by atoms with E-state index in [4.69, 9.17) is 9.47 Å². The molecule has 0 bridgehead atoms. The van der Waals surface area contributed by atoms with Crippen LogP contribution in [0.5, 0.6) is 11.5 Å². The molecular formula is C19H27N3O2. The van der Waals surface area contributed by atoms with Crippen molar-refractivity contribution in [3.8, 4) is 11.5 Å². The van der Waals surface area contributed by atoms with Crippen LogP contribution in [0.15, 0.2) is 42.4 Å². The number of ether oxygens (including phenoxy) is 2. The van der Waals surface area contributed by atoms with Crippen molar-refractivity contribution in [2.24, 2.45) is 0 Å². The van der Waals surface area contributed by atoms with Crippen LogP contribution in [0.3, 0.4) is 0 Å². The number of fused-ring (bicyclic) bond motifs is 1. The largest absolute Gasteiger partial charge is 0.493 e. The molecule has 0 aliphatic carbocycles. The standard InChI is InChI=1S/C17H21N3O2.C2H6/c1-5-7-8-12(6-2)20-17-13-9-15(21-3)16(22-4)10-14(13)18-11-19-17;1-2/h6-11H,5H2,1-4H3,(H,18,19,20);1-2H3/b8-7-,12-6+;. The van der Waals surface area contributed by atoms with Crippen LogP contribution in [0.4, 0.5) is 5.82 Å². The van der Waals surface area contributed by atoms with Crippen molar-refractivity contribution in [3.63, 3.8) is 0 Å². The van der Waals surface area contributed by atoms with E-state index in [1.54, 1.807) is 14.2 Å². The number of methoxy groups -OCH3 is 2. The minimum absolute atomic E-state index is 0.650. The third-order valence-electron chi connectivity index (χ3n) is 3.25. The zero-order chi connectivity index (χ0) is 17.9. The first-order valence-electron chi connectivity index (χ1n) is 8.20. The Morgan fingerprint density at radius 2 is 1.79 bits per heavy atom. The number of allylic oxidation sites excluding steroid dienone is 3. The first-order chi connectivity index (χ1) is 11.7. The molecule has 1 aromatic carbocycles. The van der Waals surface area contributed by atoms with Crippen molar-refractivity contribution in [2.75, 3.05) is 19.5 Å². The molecule has 0 fully saturated rings. The molecule has 0 aliphatic rings. The molecule has 5 heteroatoms. The van der Waals surface area contributed by atoms with Crippen LogP contribution in [0.25, 0.3) is 10.9 Å². The average molecular weight is 329 g/mol. The fraction of sp³-hybridized carbons (Fsp3) is 0.368. The van der Waals surface area contributed by atoms with Crippen LogP contribution in [-0.4, -0.2) is 24.2 Å². The Kier molecular flexibility index (Phi) is 8.33. The van der Waals surface area contributed by atoms with Gasteiger partial charge in [0.15, 0.2) is 11.5 Å². The minimum Gasteiger partial charge on any atom is -0.493 e. The first kappa shape index (κ1) is 19.5. The molecule has 1 heterocycles. The zero-order valence-electron chi connectivity index (χ0n) is 15.4. The maximum atomic E-state index is 5.36. The number of benzene rings is 1.